The monoisotopic (exact) mass is 371 g/mol. The quantitative estimate of drug-likeness (QED) is 0.775. The van der Waals surface area contributed by atoms with Crippen LogP contribution in [0.4, 0.5) is 0 Å². The first-order valence-corrected chi connectivity index (χ1v) is 9.69. The lowest BCUT2D eigenvalue weighted by molar-refractivity contribution is -0.132. The van der Waals surface area contributed by atoms with Crippen molar-refractivity contribution in [3.63, 3.8) is 0 Å². The highest BCUT2D eigenvalue weighted by atomic mass is 35.5. The third-order valence-corrected chi connectivity index (χ3v) is 5.48. The maximum atomic E-state index is 12.8. The molecule has 2 aromatic rings. The van der Waals surface area contributed by atoms with Gasteiger partial charge in [-0.2, -0.15) is 0 Å². The fraction of sp³-hybridized carbons (Fsp3) is 0.429. The van der Waals surface area contributed by atoms with Crippen LogP contribution in [0.25, 0.3) is 0 Å². The summed E-state index contributed by atoms with van der Waals surface area (Å²) in [7, 11) is 0. The number of likely N-dealkylation sites (tertiary alicyclic amines) is 1. The lowest BCUT2D eigenvalue weighted by Crippen LogP contribution is -2.49. The van der Waals surface area contributed by atoms with Crippen LogP contribution in [0.2, 0.25) is 5.02 Å². The zero-order valence-corrected chi connectivity index (χ0v) is 16.0. The second-order valence-corrected chi connectivity index (χ2v) is 7.23. The van der Waals surface area contributed by atoms with Crippen molar-refractivity contribution in [2.75, 3.05) is 19.6 Å². The molecule has 1 saturated heterocycles. The summed E-state index contributed by atoms with van der Waals surface area (Å²) in [6.45, 7) is 5.69. The molecule has 4 nitrogen and oxygen atoms in total. The fourth-order valence-electron chi connectivity index (χ4n) is 3.62. The number of piperidine rings is 1. The molecule has 0 unspecified atom stereocenters. The molecule has 1 fully saturated rings. The highest BCUT2D eigenvalue weighted by molar-refractivity contribution is 6.31. The summed E-state index contributed by atoms with van der Waals surface area (Å²) in [5.74, 6) is 0.169. The number of rotatable bonds is 6. The maximum absolute atomic E-state index is 12.8. The van der Waals surface area contributed by atoms with Crippen LogP contribution in [0.5, 0.6) is 0 Å². The molecule has 0 radical (unpaired) electrons. The molecule has 5 heteroatoms. The number of hydrogen-bond donors (Lipinski definition) is 0. The Balaban J connectivity index is 1.62. The lowest BCUT2D eigenvalue weighted by Gasteiger charge is -2.39. The number of halogens is 1. The molecule has 1 aliphatic rings. The van der Waals surface area contributed by atoms with Gasteiger partial charge in [0.2, 0.25) is 5.91 Å². The zero-order chi connectivity index (χ0) is 18.4. The summed E-state index contributed by atoms with van der Waals surface area (Å²) in [5, 5.41) is 0.669. The predicted molar refractivity (Wildman–Crippen MR) is 105 cm³/mol. The van der Waals surface area contributed by atoms with Gasteiger partial charge in [0.15, 0.2) is 0 Å². The molecule has 3 rings (SSSR count). The minimum atomic E-state index is 0.169. The van der Waals surface area contributed by atoms with Gasteiger partial charge in [0, 0.05) is 43.1 Å². The van der Waals surface area contributed by atoms with E-state index in [1.54, 1.807) is 0 Å². The van der Waals surface area contributed by atoms with E-state index in [2.05, 4.69) is 28.9 Å². The Morgan fingerprint density at radius 3 is 2.77 bits per heavy atom. The van der Waals surface area contributed by atoms with Gasteiger partial charge < -0.3 is 4.90 Å². The van der Waals surface area contributed by atoms with Gasteiger partial charge in [0.25, 0.3) is 0 Å². The summed E-state index contributed by atoms with van der Waals surface area (Å²) >= 11 is 6.22. The van der Waals surface area contributed by atoms with E-state index in [4.69, 9.17) is 11.6 Å². The second kappa shape index (κ2) is 9.15. The molecule has 1 aliphatic heterocycles. The van der Waals surface area contributed by atoms with Gasteiger partial charge in [0.05, 0.1) is 6.42 Å². The first-order valence-electron chi connectivity index (χ1n) is 9.31. The number of nitrogens with zero attached hydrogens (tertiary/aromatic N) is 3. The van der Waals surface area contributed by atoms with Crippen molar-refractivity contribution in [3.05, 3.63) is 64.9 Å². The first kappa shape index (κ1) is 18.9. The molecule has 1 aromatic heterocycles. The standard InChI is InChI=1S/C21H26ClN3O/c1-2-24(15-17-9-11-23-12-10-17)19-7-5-13-25(16-19)21(26)14-18-6-3-4-8-20(18)22/h3-4,6,8-12,19H,2,5,7,13-16H2,1H3/t19-/m1/s1. The molecule has 1 amide bonds. The summed E-state index contributed by atoms with van der Waals surface area (Å²) < 4.78 is 0. The number of likely N-dealkylation sites (N-methyl/N-ethyl adjacent to an activating group) is 1. The number of carbonyl (C=O) groups excluding carboxylic acids is 1. The maximum Gasteiger partial charge on any atom is 0.227 e. The summed E-state index contributed by atoms with van der Waals surface area (Å²) in [6.07, 6.45) is 6.23. The molecular weight excluding hydrogens is 346 g/mol. The van der Waals surface area contributed by atoms with Crippen molar-refractivity contribution in [2.45, 2.75) is 38.8 Å². The first-order chi connectivity index (χ1) is 12.7. The summed E-state index contributed by atoms with van der Waals surface area (Å²) in [6, 6.07) is 12.1. The van der Waals surface area contributed by atoms with Gasteiger partial charge in [-0.1, -0.05) is 36.7 Å². The van der Waals surface area contributed by atoms with Gasteiger partial charge in [0.1, 0.15) is 0 Å². The third-order valence-electron chi connectivity index (χ3n) is 5.11. The van der Waals surface area contributed by atoms with E-state index in [9.17, 15) is 4.79 Å². The van der Waals surface area contributed by atoms with Crippen LogP contribution in [-0.4, -0.2) is 46.4 Å². The van der Waals surface area contributed by atoms with Crippen molar-refractivity contribution in [2.24, 2.45) is 0 Å². The molecule has 2 heterocycles. The van der Waals surface area contributed by atoms with E-state index in [0.717, 1.165) is 44.6 Å². The van der Waals surface area contributed by atoms with E-state index >= 15 is 0 Å². The Kier molecular flexibility index (Phi) is 6.64. The Labute approximate surface area is 160 Å². The van der Waals surface area contributed by atoms with Gasteiger partial charge in [-0.15, -0.1) is 0 Å². The fourth-order valence-corrected chi connectivity index (χ4v) is 3.82. The molecular formula is C21H26ClN3O. The number of hydrogen-bond acceptors (Lipinski definition) is 3. The van der Waals surface area contributed by atoms with Crippen LogP contribution in [0.1, 0.15) is 30.9 Å². The van der Waals surface area contributed by atoms with Crippen molar-refractivity contribution in [3.8, 4) is 0 Å². The van der Waals surface area contributed by atoms with Crippen molar-refractivity contribution < 1.29 is 4.79 Å². The average molecular weight is 372 g/mol. The molecule has 1 atom stereocenters. The molecule has 0 saturated carbocycles. The van der Waals surface area contributed by atoms with Crippen LogP contribution in [-0.2, 0) is 17.8 Å². The Morgan fingerprint density at radius 1 is 1.27 bits per heavy atom. The molecule has 0 aliphatic carbocycles. The molecule has 26 heavy (non-hydrogen) atoms. The average Bonchev–Trinajstić information content (AvgIpc) is 2.69. The number of amides is 1. The molecule has 1 aromatic carbocycles. The van der Waals surface area contributed by atoms with Crippen molar-refractivity contribution in [1.82, 2.24) is 14.8 Å². The van der Waals surface area contributed by atoms with Crippen LogP contribution in [0.3, 0.4) is 0 Å². The Morgan fingerprint density at radius 2 is 2.04 bits per heavy atom. The van der Waals surface area contributed by atoms with E-state index in [1.165, 1.54) is 5.56 Å². The van der Waals surface area contributed by atoms with Crippen LogP contribution in [0, 0.1) is 0 Å². The number of benzene rings is 1. The normalized spacial score (nSPS) is 17.5. The molecule has 138 valence electrons. The minimum Gasteiger partial charge on any atom is -0.341 e. The van der Waals surface area contributed by atoms with Crippen molar-refractivity contribution >= 4 is 17.5 Å². The SMILES string of the molecule is CCN(Cc1ccncc1)[C@@H]1CCCN(C(=O)Cc2ccccc2Cl)C1. The smallest absolute Gasteiger partial charge is 0.227 e. The molecule has 0 bridgehead atoms. The Hall–Kier alpha value is -1.91. The van der Waals surface area contributed by atoms with Crippen LogP contribution < -0.4 is 0 Å². The topological polar surface area (TPSA) is 36.4 Å². The number of aromatic nitrogens is 1. The van der Waals surface area contributed by atoms with E-state index in [-0.39, 0.29) is 5.91 Å². The lowest BCUT2D eigenvalue weighted by atomic mass is 10.0. The van der Waals surface area contributed by atoms with Gasteiger partial charge >= 0.3 is 0 Å². The van der Waals surface area contributed by atoms with Crippen LogP contribution in [0.15, 0.2) is 48.8 Å². The highest BCUT2D eigenvalue weighted by Gasteiger charge is 2.27. The van der Waals surface area contributed by atoms with Crippen molar-refractivity contribution in [1.29, 1.82) is 0 Å². The van der Waals surface area contributed by atoms with Gasteiger partial charge in [-0.3, -0.25) is 14.7 Å². The minimum absolute atomic E-state index is 0.169. The number of pyridine rings is 1. The third kappa shape index (κ3) is 4.83. The van der Waals surface area contributed by atoms with E-state index in [1.807, 2.05) is 41.6 Å². The highest BCUT2D eigenvalue weighted by Crippen LogP contribution is 2.21. The van der Waals surface area contributed by atoms with E-state index in [0.29, 0.717) is 17.5 Å². The molecule has 0 N–H and O–H groups in total. The largest absolute Gasteiger partial charge is 0.341 e. The second-order valence-electron chi connectivity index (χ2n) is 6.82. The molecule has 0 spiro atoms. The van der Waals surface area contributed by atoms with Crippen LogP contribution >= 0.6 is 11.6 Å². The summed E-state index contributed by atoms with van der Waals surface area (Å²) in [5.41, 5.74) is 2.17. The van der Waals surface area contributed by atoms with Gasteiger partial charge in [-0.25, -0.2) is 0 Å². The van der Waals surface area contributed by atoms with Gasteiger partial charge in [-0.05, 0) is 48.7 Å². The van der Waals surface area contributed by atoms with E-state index < -0.39 is 0 Å². The zero-order valence-electron chi connectivity index (χ0n) is 15.3. The number of carbonyl (C=O) groups is 1. The Bertz CT molecular complexity index is 722. The predicted octanol–water partition coefficient (Wildman–Crippen LogP) is 3.79. The summed E-state index contributed by atoms with van der Waals surface area (Å²) in [4.78, 5) is 21.3.